The van der Waals surface area contributed by atoms with Gasteiger partial charge >= 0.3 is 0 Å². The number of guanidine groups is 1. The summed E-state index contributed by atoms with van der Waals surface area (Å²) < 4.78 is 32.3. The Hall–Kier alpha value is -1.64. The smallest absolute Gasteiger partial charge is 0.218 e. The number of hydrogen-bond donors (Lipinski definition) is 2. The Morgan fingerprint density at radius 3 is 2.43 bits per heavy atom. The van der Waals surface area contributed by atoms with Crippen molar-refractivity contribution in [2.45, 2.75) is 46.0 Å². The van der Waals surface area contributed by atoms with Gasteiger partial charge < -0.3 is 15.4 Å². The summed E-state index contributed by atoms with van der Waals surface area (Å²) in [5, 5.41) is 6.66. The van der Waals surface area contributed by atoms with Gasteiger partial charge in [0.1, 0.15) is 0 Å². The minimum Gasteiger partial charge on any atom is -0.379 e. The summed E-state index contributed by atoms with van der Waals surface area (Å²) in [7, 11) is -3.36. The van der Waals surface area contributed by atoms with Crippen LogP contribution in [-0.2, 0) is 27.1 Å². The zero-order chi connectivity index (χ0) is 20.6. The molecule has 0 aromatic heterocycles. The van der Waals surface area contributed by atoms with E-state index >= 15 is 0 Å². The first kappa shape index (κ1) is 22.6. The number of sulfonamides is 1. The minimum atomic E-state index is -3.36. The summed E-state index contributed by atoms with van der Waals surface area (Å²) in [5.74, 6) is 1.22. The van der Waals surface area contributed by atoms with Crippen LogP contribution < -0.4 is 10.6 Å². The molecule has 0 spiro atoms. The van der Waals surface area contributed by atoms with Crippen LogP contribution in [0.15, 0.2) is 29.3 Å². The van der Waals surface area contributed by atoms with Crippen LogP contribution in [-0.4, -0.2) is 57.6 Å². The van der Waals surface area contributed by atoms with Crippen molar-refractivity contribution in [3.63, 3.8) is 0 Å². The summed E-state index contributed by atoms with van der Waals surface area (Å²) >= 11 is 0. The highest BCUT2D eigenvalue weighted by molar-refractivity contribution is 7.88. The SMILES string of the molecule is CCNC(=NCc1ccccc1CS(=O)(=O)N1CCOCC1)NC(C)C(C)C. The molecule has 1 aromatic carbocycles. The monoisotopic (exact) mass is 410 g/mol. The Balaban J connectivity index is 2.13. The largest absolute Gasteiger partial charge is 0.379 e. The molecule has 1 unspecified atom stereocenters. The Morgan fingerprint density at radius 1 is 1.18 bits per heavy atom. The van der Waals surface area contributed by atoms with E-state index in [1.165, 1.54) is 4.31 Å². The first-order valence-electron chi connectivity index (χ1n) is 10.0. The van der Waals surface area contributed by atoms with Crippen LogP contribution in [0.25, 0.3) is 0 Å². The fourth-order valence-corrected chi connectivity index (χ4v) is 4.39. The molecule has 0 radical (unpaired) electrons. The number of nitrogens with one attached hydrogen (secondary N) is 2. The van der Waals surface area contributed by atoms with Crippen LogP contribution >= 0.6 is 0 Å². The third kappa shape index (κ3) is 6.76. The molecule has 0 aliphatic carbocycles. The fourth-order valence-electron chi connectivity index (χ4n) is 2.83. The van der Waals surface area contributed by atoms with Gasteiger partial charge in [-0.15, -0.1) is 0 Å². The molecule has 1 aromatic rings. The van der Waals surface area contributed by atoms with E-state index in [1.807, 2.05) is 31.2 Å². The van der Waals surface area contributed by atoms with Gasteiger partial charge in [-0.05, 0) is 30.9 Å². The molecular formula is C20H34N4O3S. The first-order chi connectivity index (χ1) is 13.3. The van der Waals surface area contributed by atoms with Crippen LogP contribution in [0.4, 0.5) is 0 Å². The lowest BCUT2D eigenvalue weighted by Gasteiger charge is -2.26. The van der Waals surface area contributed by atoms with Crippen molar-refractivity contribution in [2.24, 2.45) is 10.9 Å². The predicted octanol–water partition coefficient (Wildman–Crippen LogP) is 1.95. The molecule has 2 N–H and O–H groups in total. The summed E-state index contributed by atoms with van der Waals surface area (Å²) in [6.45, 7) is 11.4. The number of morpholine rings is 1. The minimum absolute atomic E-state index is 0.00887. The second-order valence-corrected chi connectivity index (χ2v) is 9.38. The summed E-state index contributed by atoms with van der Waals surface area (Å²) in [6, 6.07) is 7.91. The van der Waals surface area contributed by atoms with Gasteiger partial charge in [0.15, 0.2) is 5.96 Å². The third-order valence-corrected chi connectivity index (χ3v) is 6.76. The van der Waals surface area contributed by atoms with Crippen molar-refractivity contribution >= 4 is 16.0 Å². The predicted molar refractivity (Wildman–Crippen MR) is 114 cm³/mol. The summed E-state index contributed by atoms with van der Waals surface area (Å²) in [6.07, 6.45) is 0. The number of hydrogen-bond acceptors (Lipinski definition) is 4. The van der Waals surface area contributed by atoms with E-state index in [2.05, 4.69) is 36.4 Å². The Kier molecular flexibility index (Phi) is 8.72. The number of nitrogens with zero attached hydrogens (tertiary/aromatic N) is 2. The van der Waals surface area contributed by atoms with E-state index in [0.29, 0.717) is 38.8 Å². The maximum atomic E-state index is 12.8. The number of benzene rings is 1. The van der Waals surface area contributed by atoms with Gasteiger partial charge in [-0.1, -0.05) is 38.1 Å². The molecule has 0 saturated carbocycles. The standard InChI is InChI=1S/C20H34N4O3S/c1-5-21-20(23-17(4)16(2)3)22-14-18-8-6-7-9-19(18)15-28(25,26)24-10-12-27-13-11-24/h6-9,16-17H,5,10-15H2,1-4H3,(H2,21,22,23). The molecule has 7 nitrogen and oxygen atoms in total. The van der Waals surface area contributed by atoms with Crippen molar-refractivity contribution < 1.29 is 13.2 Å². The summed E-state index contributed by atoms with van der Waals surface area (Å²) in [4.78, 5) is 4.68. The quantitative estimate of drug-likeness (QED) is 0.506. The highest BCUT2D eigenvalue weighted by atomic mass is 32.2. The molecule has 1 aliphatic heterocycles. The second-order valence-electron chi connectivity index (χ2n) is 7.41. The topological polar surface area (TPSA) is 83.0 Å². The number of aliphatic imine (C=N–C) groups is 1. The van der Waals surface area contributed by atoms with E-state index < -0.39 is 10.0 Å². The summed E-state index contributed by atoms with van der Waals surface area (Å²) in [5.41, 5.74) is 1.72. The highest BCUT2D eigenvalue weighted by Crippen LogP contribution is 2.17. The van der Waals surface area contributed by atoms with E-state index in [1.54, 1.807) is 0 Å². The molecule has 1 fully saturated rings. The van der Waals surface area contributed by atoms with E-state index in [4.69, 9.17) is 4.74 Å². The normalized spacial score (nSPS) is 17.5. The lowest BCUT2D eigenvalue weighted by molar-refractivity contribution is 0.0729. The van der Waals surface area contributed by atoms with Crippen molar-refractivity contribution in [1.29, 1.82) is 0 Å². The van der Waals surface area contributed by atoms with Gasteiger partial charge in [-0.2, -0.15) is 4.31 Å². The maximum absolute atomic E-state index is 12.8. The molecular weight excluding hydrogens is 376 g/mol. The van der Waals surface area contributed by atoms with Gasteiger partial charge in [-0.25, -0.2) is 13.4 Å². The van der Waals surface area contributed by atoms with Gasteiger partial charge in [0.2, 0.25) is 10.0 Å². The molecule has 2 rings (SSSR count). The van der Waals surface area contributed by atoms with Crippen LogP contribution in [0.2, 0.25) is 0 Å². The lowest BCUT2D eigenvalue weighted by Crippen LogP contribution is -2.44. The Morgan fingerprint density at radius 2 is 1.82 bits per heavy atom. The molecule has 8 heteroatoms. The van der Waals surface area contributed by atoms with E-state index in [9.17, 15) is 8.42 Å². The van der Waals surface area contributed by atoms with Crippen molar-refractivity contribution in [3.8, 4) is 0 Å². The second kappa shape index (κ2) is 10.8. The van der Waals surface area contributed by atoms with Crippen molar-refractivity contribution in [2.75, 3.05) is 32.8 Å². The first-order valence-corrected chi connectivity index (χ1v) is 11.6. The number of ether oxygens (including phenoxy) is 1. The molecule has 1 aliphatic rings. The molecule has 28 heavy (non-hydrogen) atoms. The van der Waals surface area contributed by atoms with Crippen LogP contribution in [0, 0.1) is 5.92 Å². The zero-order valence-corrected chi connectivity index (χ0v) is 18.3. The molecule has 158 valence electrons. The van der Waals surface area contributed by atoms with Gasteiger partial charge in [-0.3, -0.25) is 0 Å². The molecule has 1 heterocycles. The molecule has 0 bridgehead atoms. The zero-order valence-electron chi connectivity index (χ0n) is 17.4. The lowest BCUT2D eigenvalue weighted by atomic mass is 10.1. The third-order valence-electron chi connectivity index (χ3n) is 4.94. The maximum Gasteiger partial charge on any atom is 0.218 e. The van der Waals surface area contributed by atoms with Gasteiger partial charge in [0.25, 0.3) is 0 Å². The van der Waals surface area contributed by atoms with Crippen molar-refractivity contribution in [3.05, 3.63) is 35.4 Å². The highest BCUT2D eigenvalue weighted by Gasteiger charge is 2.25. The molecule has 1 saturated heterocycles. The Labute approximate surface area is 169 Å². The fraction of sp³-hybridized carbons (Fsp3) is 0.650. The van der Waals surface area contributed by atoms with Crippen LogP contribution in [0.5, 0.6) is 0 Å². The van der Waals surface area contributed by atoms with Crippen molar-refractivity contribution in [1.82, 2.24) is 14.9 Å². The Bertz CT molecular complexity index is 744. The average molecular weight is 411 g/mol. The van der Waals surface area contributed by atoms with Gasteiger partial charge in [0.05, 0.1) is 25.5 Å². The van der Waals surface area contributed by atoms with E-state index in [-0.39, 0.29) is 11.8 Å². The average Bonchev–Trinajstić information content (AvgIpc) is 2.67. The van der Waals surface area contributed by atoms with Gasteiger partial charge in [0, 0.05) is 25.7 Å². The van der Waals surface area contributed by atoms with E-state index in [0.717, 1.165) is 23.6 Å². The number of rotatable bonds is 8. The molecule has 1 atom stereocenters. The van der Waals surface area contributed by atoms with Crippen LogP contribution in [0.3, 0.4) is 0 Å². The van der Waals surface area contributed by atoms with Crippen LogP contribution in [0.1, 0.15) is 38.8 Å². The molecule has 0 amide bonds.